The van der Waals surface area contributed by atoms with Crippen LogP contribution in [-0.2, 0) is 17.6 Å². The van der Waals surface area contributed by atoms with E-state index in [-0.39, 0.29) is 17.2 Å². The number of hydrogen-bond donors (Lipinski definition) is 0. The van der Waals surface area contributed by atoms with Crippen LogP contribution in [0, 0.1) is 0 Å². The first kappa shape index (κ1) is 18.7. The maximum atomic E-state index is 12.6. The summed E-state index contributed by atoms with van der Waals surface area (Å²) < 4.78 is 46.1. The van der Waals surface area contributed by atoms with E-state index in [2.05, 4.69) is 14.7 Å². The van der Waals surface area contributed by atoms with Gasteiger partial charge in [0, 0.05) is 25.4 Å². The third kappa shape index (κ3) is 3.80. The van der Waals surface area contributed by atoms with Gasteiger partial charge in [-0.2, -0.15) is 0 Å². The van der Waals surface area contributed by atoms with Crippen LogP contribution in [0.3, 0.4) is 0 Å². The Bertz CT molecular complexity index is 861. The molecule has 2 saturated heterocycles. The van der Waals surface area contributed by atoms with Gasteiger partial charge in [-0.3, -0.25) is 4.79 Å². The van der Waals surface area contributed by atoms with Gasteiger partial charge in [0.1, 0.15) is 11.6 Å². The van der Waals surface area contributed by atoms with Crippen molar-refractivity contribution in [2.45, 2.75) is 31.2 Å². The second-order valence-electron chi connectivity index (χ2n) is 7.01. The third-order valence-corrected chi connectivity index (χ3v) is 5.08. The number of hydrogen-bond acceptors (Lipinski definition) is 5. The summed E-state index contributed by atoms with van der Waals surface area (Å²) in [5.41, 5.74) is 0.965. The van der Waals surface area contributed by atoms with Crippen molar-refractivity contribution in [3.8, 4) is 5.75 Å². The number of amides is 1. The Kier molecular flexibility index (Phi) is 4.70. The quantitative estimate of drug-likeness (QED) is 0.782. The number of halogens is 3. The number of aromatic nitrogens is 2. The first-order chi connectivity index (χ1) is 13.3. The number of benzene rings is 1. The second kappa shape index (κ2) is 7.05. The highest BCUT2D eigenvalue weighted by Crippen LogP contribution is 2.38. The molecule has 2 aliphatic heterocycles. The van der Waals surface area contributed by atoms with Gasteiger partial charge in [0.25, 0.3) is 5.91 Å². The molecule has 0 saturated carbocycles. The van der Waals surface area contributed by atoms with Crippen LogP contribution >= 0.6 is 0 Å². The molecule has 2 fully saturated rings. The van der Waals surface area contributed by atoms with E-state index in [0.717, 1.165) is 6.42 Å². The van der Waals surface area contributed by atoms with Gasteiger partial charge in [0.15, 0.2) is 0 Å². The minimum Gasteiger partial charge on any atom is -0.406 e. The molecule has 1 aromatic heterocycles. The third-order valence-electron chi connectivity index (χ3n) is 5.08. The first-order valence-corrected chi connectivity index (χ1v) is 8.90. The summed E-state index contributed by atoms with van der Waals surface area (Å²) in [6, 6.07) is 5.82. The van der Waals surface area contributed by atoms with Crippen LogP contribution in [0.4, 0.5) is 13.2 Å². The van der Waals surface area contributed by atoms with Crippen LogP contribution in [0.15, 0.2) is 36.7 Å². The SMILES string of the molecule is O=C(c1cnc(CCc2cccc(OC(F)(F)F)c2)nc1)N1CCC12COC2. The van der Waals surface area contributed by atoms with E-state index in [9.17, 15) is 18.0 Å². The summed E-state index contributed by atoms with van der Waals surface area (Å²) in [5, 5.41) is 0. The molecule has 148 valence electrons. The van der Waals surface area contributed by atoms with E-state index < -0.39 is 6.36 Å². The predicted molar refractivity (Wildman–Crippen MR) is 91.8 cm³/mol. The molecule has 4 rings (SSSR count). The summed E-state index contributed by atoms with van der Waals surface area (Å²) in [6.45, 7) is 1.86. The van der Waals surface area contributed by atoms with Crippen LogP contribution in [0.1, 0.15) is 28.2 Å². The zero-order valence-electron chi connectivity index (χ0n) is 14.9. The Morgan fingerprint density at radius 2 is 1.96 bits per heavy atom. The standard InChI is InChI=1S/C19H18F3N3O3/c20-19(21,22)28-15-3-1-2-13(8-15)4-5-16-23-9-14(10-24-16)17(26)25-7-6-18(25)11-27-12-18/h1-3,8-10H,4-7,11-12H2. The van der Waals surface area contributed by atoms with Crippen molar-refractivity contribution in [1.29, 1.82) is 0 Å². The molecule has 2 aliphatic rings. The van der Waals surface area contributed by atoms with Crippen molar-refractivity contribution in [3.05, 3.63) is 53.6 Å². The Labute approximate surface area is 159 Å². The molecule has 6 nitrogen and oxygen atoms in total. The lowest BCUT2D eigenvalue weighted by Gasteiger charge is -2.57. The van der Waals surface area contributed by atoms with E-state index in [1.165, 1.54) is 30.6 Å². The van der Waals surface area contributed by atoms with Crippen molar-refractivity contribution in [1.82, 2.24) is 14.9 Å². The fourth-order valence-corrected chi connectivity index (χ4v) is 3.40. The fraction of sp³-hybridized carbons (Fsp3) is 0.421. The van der Waals surface area contributed by atoms with Crippen molar-refractivity contribution < 1.29 is 27.4 Å². The number of likely N-dealkylation sites (tertiary alicyclic amines) is 1. The van der Waals surface area contributed by atoms with E-state index in [0.29, 0.717) is 49.6 Å². The Hall–Kier alpha value is -2.68. The van der Waals surface area contributed by atoms with Gasteiger partial charge in [0.2, 0.25) is 0 Å². The molecule has 1 amide bonds. The molecule has 2 aromatic rings. The largest absolute Gasteiger partial charge is 0.573 e. The second-order valence-corrected chi connectivity index (χ2v) is 7.01. The highest BCUT2D eigenvalue weighted by Gasteiger charge is 2.53. The molecular formula is C19H18F3N3O3. The van der Waals surface area contributed by atoms with Crippen molar-refractivity contribution in [2.24, 2.45) is 0 Å². The van der Waals surface area contributed by atoms with Crippen LogP contribution in [-0.4, -0.2) is 52.4 Å². The molecule has 1 spiro atoms. The van der Waals surface area contributed by atoms with Gasteiger partial charge in [-0.1, -0.05) is 12.1 Å². The summed E-state index contributed by atoms with van der Waals surface area (Å²) in [7, 11) is 0. The van der Waals surface area contributed by atoms with Crippen molar-refractivity contribution in [3.63, 3.8) is 0 Å². The molecule has 0 N–H and O–H groups in total. The maximum absolute atomic E-state index is 12.6. The van der Waals surface area contributed by atoms with Crippen LogP contribution < -0.4 is 4.74 Å². The van der Waals surface area contributed by atoms with E-state index in [4.69, 9.17) is 4.74 Å². The molecule has 0 bridgehead atoms. The van der Waals surface area contributed by atoms with Gasteiger partial charge in [-0.15, -0.1) is 13.2 Å². The lowest BCUT2D eigenvalue weighted by molar-refractivity contribution is -0.274. The summed E-state index contributed by atoms with van der Waals surface area (Å²) >= 11 is 0. The maximum Gasteiger partial charge on any atom is 0.573 e. The molecule has 0 atom stereocenters. The van der Waals surface area contributed by atoms with E-state index in [1.807, 2.05) is 0 Å². The topological polar surface area (TPSA) is 64.5 Å². The van der Waals surface area contributed by atoms with Gasteiger partial charge in [-0.25, -0.2) is 9.97 Å². The lowest BCUT2D eigenvalue weighted by atomic mass is 9.82. The number of rotatable bonds is 5. The molecular weight excluding hydrogens is 375 g/mol. The Morgan fingerprint density at radius 3 is 2.54 bits per heavy atom. The van der Waals surface area contributed by atoms with Crippen LogP contribution in [0.5, 0.6) is 5.75 Å². The monoisotopic (exact) mass is 393 g/mol. The van der Waals surface area contributed by atoms with Gasteiger partial charge in [-0.05, 0) is 30.5 Å². The van der Waals surface area contributed by atoms with Crippen molar-refractivity contribution >= 4 is 5.91 Å². The van der Waals surface area contributed by atoms with E-state index >= 15 is 0 Å². The smallest absolute Gasteiger partial charge is 0.406 e. The molecule has 1 aromatic carbocycles. The summed E-state index contributed by atoms with van der Waals surface area (Å²) in [5.74, 6) is 0.164. The molecule has 3 heterocycles. The molecule has 28 heavy (non-hydrogen) atoms. The van der Waals surface area contributed by atoms with Crippen LogP contribution in [0.25, 0.3) is 0 Å². The zero-order valence-corrected chi connectivity index (χ0v) is 14.9. The number of carbonyl (C=O) groups is 1. The van der Waals surface area contributed by atoms with Crippen molar-refractivity contribution in [2.75, 3.05) is 19.8 Å². The lowest BCUT2D eigenvalue weighted by Crippen LogP contribution is -2.72. The summed E-state index contributed by atoms with van der Waals surface area (Å²) in [6.07, 6.45) is 0.124. The Balaban J connectivity index is 1.35. The fourth-order valence-electron chi connectivity index (χ4n) is 3.40. The number of carbonyl (C=O) groups excluding carboxylic acids is 1. The normalized spacial score (nSPS) is 17.8. The first-order valence-electron chi connectivity index (χ1n) is 8.90. The molecule has 9 heteroatoms. The van der Waals surface area contributed by atoms with Gasteiger partial charge >= 0.3 is 6.36 Å². The number of nitrogens with zero attached hydrogens (tertiary/aromatic N) is 3. The number of aryl methyl sites for hydroxylation is 2. The number of alkyl halides is 3. The molecule has 0 radical (unpaired) electrons. The average Bonchev–Trinajstić information content (AvgIpc) is 2.57. The van der Waals surface area contributed by atoms with Gasteiger partial charge < -0.3 is 14.4 Å². The molecule has 0 aliphatic carbocycles. The molecule has 0 unspecified atom stereocenters. The highest BCUT2D eigenvalue weighted by molar-refractivity contribution is 5.94. The van der Waals surface area contributed by atoms with E-state index in [1.54, 1.807) is 11.0 Å². The van der Waals surface area contributed by atoms with Gasteiger partial charge in [0.05, 0.1) is 24.3 Å². The summed E-state index contributed by atoms with van der Waals surface area (Å²) in [4.78, 5) is 22.8. The zero-order chi connectivity index (χ0) is 19.8. The average molecular weight is 393 g/mol. The number of ether oxygens (including phenoxy) is 2. The van der Waals surface area contributed by atoms with Crippen LogP contribution in [0.2, 0.25) is 0 Å². The minimum atomic E-state index is -4.72. The minimum absolute atomic E-state index is 0.0990. The Morgan fingerprint density at radius 1 is 1.21 bits per heavy atom. The highest BCUT2D eigenvalue weighted by atomic mass is 19.4. The predicted octanol–water partition coefficient (Wildman–Crippen LogP) is 2.78.